The number of aliphatic hydroxyl groups is 1. The van der Waals surface area contributed by atoms with Gasteiger partial charge >= 0.3 is 6.18 Å². The number of imidazole rings is 1. The van der Waals surface area contributed by atoms with Crippen molar-refractivity contribution in [3.05, 3.63) is 65.7 Å². The predicted octanol–water partition coefficient (Wildman–Crippen LogP) is 2.21. The Bertz CT molecular complexity index is 890. The van der Waals surface area contributed by atoms with Crippen LogP contribution in [0.2, 0.25) is 0 Å². The summed E-state index contributed by atoms with van der Waals surface area (Å²) >= 11 is 0. The smallest absolute Gasteiger partial charge is 0.387 e. The van der Waals surface area contributed by atoms with E-state index in [2.05, 4.69) is 15.3 Å². The molecular formula is C16H13F3N4O2. The maximum Gasteiger partial charge on any atom is 0.416 e. The molecule has 25 heavy (non-hydrogen) atoms. The van der Waals surface area contributed by atoms with Gasteiger partial charge in [-0.1, -0.05) is 12.1 Å². The fourth-order valence-corrected chi connectivity index (χ4v) is 2.22. The summed E-state index contributed by atoms with van der Waals surface area (Å²) in [5.41, 5.74) is -0.409. The monoisotopic (exact) mass is 350 g/mol. The molecule has 0 saturated carbocycles. The fourth-order valence-electron chi connectivity index (χ4n) is 2.22. The number of hydrogen-bond donors (Lipinski definition) is 2. The summed E-state index contributed by atoms with van der Waals surface area (Å²) < 4.78 is 39.2. The summed E-state index contributed by atoms with van der Waals surface area (Å²) in [5.74, 6) is -0.160. The van der Waals surface area contributed by atoms with E-state index in [1.54, 1.807) is 23.0 Å². The molecule has 1 amide bonds. The molecule has 0 aliphatic heterocycles. The number of fused-ring (bicyclic) bond motifs is 1. The molecule has 0 aliphatic rings. The van der Waals surface area contributed by atoms with E-state index >= 15 is 0 Å². The highest BCUT2D eigenvalue weighted by molar-refractivity contribution is 5.92. The molecule has 3 aromatic rings. The molecule has 1 unspecified atom stereocenters. The number of alkyl halides is 3. The zero-order valence-corrected chi connectivity index (χ0v) is 12.7. The fraction of sp³-hybridized carbons (Fsp3) is 0.188. The Morgan fingerprint density at radius 3 is 2.60 bits per heavy atom. The van der Waals surface area contributed by atoms with Crippen molar-refractivity contribution < 1.29 is 23.1 Å². The molecule has 3 rings (SSSR count). The Kier molecular flexibility index (Phi) is 4.41. The molecule has 1 aromatic carbocycles. The average Bonchev–Trinajstić information content (AvgIpc) is 3.06. The minimum atomic E-state index is -4.44. The zero-order valence-electron chi connectivity index (χ0n) is 12.7. The molecule has 0 aliphatic carbocycles. The van der Waals surface area contributed by atoms with E-state index < -0.39 is 23.8 Å². The molecule has 0 fully saturated rings. The van der Waals surface area contributed by atoms with Gasteiger partial charge in [0, 0.05) is 25.1 Å². The third-order valence-electron chi connectivity index (χ3n) is 3.57. The maximum atomic E-state index is 12.5. The number of aliphatic hydroxyl groups excluding tert-OH is 1. The molecule has 0 spiro atoms. The SMILES string of the molecule is O=C(NCC(O)c1ccc(C(F)(F)F)cc1)c1ccn2ccnc2n1. The lowest BCUT2D eigenvalue weighted by Crippen LogP contribution is -2.29. The van der Waals surface area contributed by atoms with Crippen LogP contribution in [0.1, 0.15) is 27.7 Å². The molecule has 0 radical (unpaired) electrons. The minimum Gasteiger partial charge on any atom is -0.387 e. The van der Waals surface area contributed by atoms with Crippen molar-refractivity contribution in [2.45, 2.75) is 12.3 Å². The number of halogens is 3. The van der Waals surface area contributed by atoms with Gasteiger partial charge in [-0.2, -0.15) is 13.2 Å². The first-order chi connectivity index (χ1) is 11.8. The first-order valence-electron chi connectivity index (χ1n) is 7.28. The van der Waals surface area contributed by atoms with Gasteiger partial charge in [-0.15, -0.1) is 0 Å². The van der Waals surface area contributed by atoms with Crippen LogP contribution in [-0.2, 0) is 6.18 Å². The van der Waals surface area contributed by atoms with E-state index in [1.807, 2.05) is 0 Å². The van der Waals surface area contributed by atoms with Gasteiger partial charge in [0.1, 0.15) is 5.69 Å². The number of aromatic nitrogens is 3. The van der Waals surface area contributed by atoms with Gasteiger partial charge in [-0.05, 0) is 23.8 Å². The highest BCUT2D eigenvalue weighted by atomic mass is 19.4. The molecule has 130 valence electrons. The lowest BCUT2D eigenvalue weighted by molar-refractivity contribution is -0.137. The van der Waals surface area contributed by atoms with E-state index in [1.165, 1.54) is 18.2 Å². The predicted molar refractivity (Wildman–Crippen MR) is 81.7 cm³/mol. The second-order valence-corrected chi connectivity index (χ2v) is 5.29. The van der Waals surface area contributed by atoms with Crippen LogP contribution in [-0.4, -0.2) is 31.9 Å². The van der Waals surface area contributed by atoms with Gasteiger partial charge in [0.2, 0.25) is 5.78 Å². The number of rotatable bonds is 4. The van der Waals surface area contributed by atoms with Crippen LogP contribution in [0.15, 0.2) is 48.9 Å². The van der Waals surface area contributed by atoms with Crippen molar-refractivity contribution >= 4 is 11.7 Å². The highest BCUT2D eigenvalue weighted by Crippen LogP contribution is 2.29. The van der Waals surface area contributed by atoms with Crippen molar-refractivity contribution in [3.8, 4) is 0 Å². The highest BCUT2D eigenvalue weighted by Gasteiger charge is 2.30. The number of carbonyl (C=O) groups excluding carboxylic acids is 1. The molecule has 0 bridgehead atoms. The number of amides is 1. The molecule has 6 nitrogen and oxygen atoms in total. The van der Waals surface area contributed by atoms with E-state index in [0.29, 0.717) is 5.78 Å². The van der Waals surface area contributed by atoms with Gasteiger partial charge < -0.3 is 10.4 Å². The van der Waals surface area contributed by atoms with Crippen molar-refractivity contribution in [2.75, 3.05) is 6.54 Å². The number of nitrogens with zero attached hydrogens (tertiary/aromatic N) is 3. The molecule has 1 atom stereocenters. The Hall–Kier alpha value is -2.94. The molecule has 2 N–H and O–H groups in total. The van der Waals surface area contributed by atoms with Gasteiger partial charge in [-0.25, -0.2) is 9.97 Å². The van der Waals surface area contributed by atoms with Crippen LogP contribution in [0.3, 0.4) is 0 Å². The Balaban J connectivity index is 1.63. The van der Waals surface area contributed by atoms with Gasteiger partial charge in [0.25, 0.3) is 5.91 Å². The Morgan fingerprint density at radius 2 is 1.92 bits per heavy atom. The van der Waals surface area contributed by atoms with Crippen molar-refractivity contribution in [1.29, 1.82) is 0 Å². The average molecular weight is 350 g/mol. The summed E-state index contributed by atoms with van der Waals surface area (Å²) in [7, 11) is 0. The summed E-state index contributed by atoms with van der Waals surface area (Å²) in [4.78, 5) is 20.1. The van der Waals surface area contributed by atoms with Gasteiger partial charge in [0.05, 0.1) is 11.7 Å². The van der Waals surface area contributed by atoms with Gasteiger partial charge in [-0.3, -0.25) is 9.20 Å². The van der Waals surface area contributed by atoms with Crippen LogP contribution < -0.4 is 5.32 Å². The third kappa shape index (κ3) is 3.77. The van der Waals surface area contributed by atoms with Crippen molar-refractivity contribution in [3.63, 3.8) is 0 Å². The van der Waals surface area contributed by atoms with Crippen LogP contribution in [0.25, 0.3) is 5.78 Å². The quantitative estimate of drug-likeness (QED) is 0.756. The van der Waals surface area contributed by atoms with Crippen LogP contribution in [0, 0.1) is 0 Å². The van der Waals surface area contributed by atoms with Crippen LogP contribution in [0.5, 0.6) is 0 Å². The standard InChI is InChI=1S/C16H13F3N4O2/c17-16(18,19)11-3-1-10(2-4-11)13(24)9-21-14(25)12-5-7-23-8-6-20-15(23)22-12/h1-8,13,24H,9H2,(H,21,25). The van der Waals surface area contributed by atoms with E-state index in [4.69, 9.17) is 0 Å². The van der Waals surface area contributed by atoms with E-state index in [9.17, 15) is 23.1 Å². The van der Waals surface area contributed by atoms with Gasteiger partial charge in [0.15, 0.2) is 0 Å². The number of hydrogen-bond acceptors (Lipinski definition) is 4. The summed E-state index contributed by atoms with van der Waals surface area (Å²) in [6.07, 6.45) is -0.733. The Labute approximate surface area is 140 Å². The summed E-state index contributed by atoms with van der Waals surface area (Å²) in [6.45, 7) is -0.161. The number of carbonyl (C=O) groups is 1. The summed E-state index contributed by atoms with van der Waals surface area (Å²) in [6, 6.07) is 5.61. The third-order valence-corrected chi connectivity index (χ3v) is 3.57. The van der Waals surface area contributed by atoms with Crippen LogP contribution >= 0.6 is 0 Å². The van der Waals surface area contributed by atoms with Crippen molar-refractivity contribution in [1.82, 2.24) is 19.7 Å². The second-order valence-electron chi connectivity index (χ2n) is 5.29. The van der Waals surface area contributed by atoms with E-state index in [-0.39, 0.29) is 17.8 Å². The number of benzene rings is 1. The normalized spacial score (nSPS) is 13.0. The first kappa shape index (κ1) is 16.9. The summed E-state index contributed by atoms with van der Waals surface area (Å²) in [5, 5.41) is 12.5. The van der Waals surface area contributed by atoms with Crippen LogP contribution in [0.4, 0.5) is 13.2 Å². The first-order valence-corrected chi connectivity index (χ1v) is 7.28. The minimum absolute atomic E-state index is 0.123. The Morgan fingerprint density at radius 1 is 1.20 bits per heavy atom. The second kappa shape index (κ2) is 6.52. The molecule has 2 heterocycles. The molecule has 9 heteroatoms. The van der Waals surface area contributed by atoms with E-state index in [0.717, 1.165) is 12.1 Å². The largest absolute Gasteiger partial charge is 0.416 e. The maximum absolute atomic E-state index is 12.5. The molecular weight excluding hydrogens is 337 g/mol. The lowest BCUT2D eigenvalue weighted by atomic mass is 10.1. The topological polar surface area (TPSA) is 79.5 Å². The lowest BCUT2D eigenvalue weighted by Gasteiger charge is -2.13. The zero-order chi connectivity index (χ0) is 18.0. The molecule has 0 saturated heterocycles. The van der Waals surface area contributed by atoms with Crippen molar-refractivity contribution in [2.24, 2.45) is 0 Å². The number of nitrogens with one attached hydrogen (secondary N) is 1. The molecule has 2 aromatic heterocycles.